The Hall–Kier alpha value is -3.91. The van der Waals surface area contributed by atoms with E-state index in [1.165, 1.54) is 25.4 Å². The molecule has 1 aliphatic rings. The van der Waals surface area contributed by atoms with Crippen LogP contribution < -0.4 is 9.04 Å². The predicted octanol–water partition coefficient (Wildman–Crippen LogP) is 4.92. The fourth-order valence-corrected chi connectivity index (χ4v) is 5.36. The average Bonchev–Trinajstić information content (AvgIpc) is 3.63. The van der Waals surface area contributed by atoms with Crippen LogP contribution in [0.1, 0.15) is 29.3 Å². The van der Waals surface area contributed by atoms with Gasteiger partial charge in [-0.1, -0.05) is 48.0 Å². The number of hydrogen-bond donors (Lipinski definition) is 0. The number of methoxy groups -OCH3 is 1. The highest BCUT2D eigenvalue weighted by atomic mass is 32.2. The first-order valence-electron chi connectivity index (χ1n) is 11.5. The number of esters is 1. The Balaban J connectivity index is 1.83. The number of ketones is 1. The lowest BCUT2D eigenvalue weighted by atomic mass is 9.94. The minimum atomic E-state index is -4.07. The Kier molecular flexibility index (Phi) is 6.99. The molecule has 3 aromatic rings. The van der Waals surface area contributed by atoms with Gasteiger partial charge in [0, 0.05) is 11.8 Å². The molecule has 1 saturated carbocycles. The summed E-state index contributed by atoms with van der Waals surface area (Å²) in [4.78, 5) is 26.6. The lowest BCUT2D eigenvalue weighted by molar-refractivity contribution is -0.147. The van der Waals surface area contributed by atoms with E-state index in [1.54, 1.807) is 73.7 Å². The molecule has 1 atom stereocenters. The molecule has 0 aliphatic heterocycles. The third-order valence-electron chi connectivity index (χ3n) is 6.10. The van der Waals surface area contributed by atoms with Crippen LogP contribution in [-0.4, -0.2) is 33.9 Å². The van der Waals surface area contributed by atoms with Crippen molar-refractivity contribution < 1.29 is 27.5 Å². The molecule has 186 valence electrons. The predicted molar refractivity (Wildman–Crippen MR) is 136 cm³/mol. The highest BCUT2D eigenvalue weighted by Gasteiger charge is 2.63. The summed E-state index contributed by atoms with van der Waals surface area (Å²) >= 11 is 0. The summed E-state index contributed by atoms with van der Waals surface area (Å²) < 4.78 is 39.1. The maximum atomic E-state index is 13.8. The monoisotopic (exact) mass is 505 g/mol. The Morgan fingerprint density at radius 1 is 0.972 bits per heavy atom. The van der Waals surface area contributed by atoms with Crippen LogP contribution in [0, 0.1) is 12.3 Å². The van der Waals surface area contributed by atoms with Gasteiger partial charge in [-0.05, 0) is 62.2 Å². The fraction of sp³-hybridized carbons (Fsp3) is 0.214. The summed E-state index contributed by atoms with van der Waals surface area (Å²) in [6.45, 7) is 3.63. The first-order valence-corrected chi connectivity index (χ1v) is 12.9. The Morgan fingerprint density at radius 3 is 2.19 bits per heavy atom. The number of ether oxygens (including phenoxy) is 2. The largest absolute Gasteiger partial charge is 0.497 e. The number of rotatable bonds is 9. The summed E-state index contributed by atoms with van der Waals surface area (Å²) in [6.07, 6.45) is 1.43. The van der Waals surface area contributed by atoms with Crippen molar-refractivity contribution in [2.24, 2.45) is 5.41 Å². The van der Waals surface area contributed by atoms with Crippen molar-refractivity contribution in [2.75, 3.05) is 18.0 Å². The van der Waals surface area contributed by atoms with Gasteiger partial charge in [0.2, 0.25) is 0 Å². The Bertz CT molecular complexity index is 1400. The second-order valence-corrected chi connectivity index (χ2v) is 10.3. The number of sulfonamides is 1. The van der Waals surface area contributed by atoms with Gasteiger partial charge < -0.3 is 9.47 Å². The molecule has 1 unspecified atom stereocenters. The van der Waals surface area contributed by atoms with Crippen LogP contribution in [0.4, 0.5) is 5.69 Å². The van der Waals surface area contributed by atoms with Gasteiger partial charge in [-0.25, -0.2) is 12.7 Å². The standard InChI is InChI=1S/C28H27NO6S/c1-4-35-27(31)28(26(30)21-8-6-5-7-9-21)18-22(28)19-29(23-12-14-24(34-3)15-13-23)36(32,33)25-16-10-20(2)11-17-25/h5-17,19H,4,18H2,1-3H3/b22-19+. The van der Waals surface area contributed by atoms with Crippen LogP contribution in [0.25, 0.3) is 0 Å². The molecule has 0 radical (unpaired) electrons. The maximum Gasteiger partial charge on any atom is 0.324 e. The number of aryl methyl sites for hydroxylation is 1. The molecule has 0 spiro atoms. The number of hydrogen-bond acceptors (Lipinski definition) is 6. The third kappa shape index (κ3) is 4.64. The zero-order chi connectivity index (χ0) is 25.9. The summed E-state index contributed by atoms with van der Waals surface area (Å²) in [6, 6.07) is 21.4. The molecule has 1 aliphatic carbocycles. The van der Waals surface area contributed by atoms with Crippen molar-refractivity contribution in [3.63, 3.8) is 0 Å². The van der Waals surface area contributed by atoms with E-state index in [9.17, 15) is 18.0 Å². The molecule has 3 aromatic carbocycles. The van der Waals surface area contributed by atoms with Crippen LogP contribution in [0.3, 0.4) is 0 Å². The van der Waals surface area contributed by atoms with Crippen LogP contribution in [0.15, 0.2) is 95.5 Å². The molecule has 0 heterocycles. The van der Waals surface area contributed by atoms with Crippen molar-refractivity contribution in [1.82, 2.24) is 0 Å². The first kappa shape index (κ1) is 25.2. The van der Waals surface area contributed by atoms with Crippen molar-refractivity contribution in [2.45, 2.75) is 25.2 Å². The SMILES string of the molecule is CCOC(=O)C1(C(=O)c2ccccc2)C/C1=C\N(c1ccc(OC)cc1)S(=O)(=O)c1ccc(C)cc1. The van der Waals surface area contributed by atoms with Crippen LogP contribution in [0.5, 0.6) is 5.75 Å². The molecule has 0 bridgehead atoms. The summed E-state index contributed by atoms with van der Waals surface area (Å²) in [5.74, 6) is -0.548. The minimum absolute atomic E-state index is 0.0651. The van der Waals surface area contributed by atoms with Crippen LogP contribution >= 0.6 is 0 Å². The summed E-state index contributed by atoms with van der Waals surface area (Å²) in [5, 5.41) is 0. The molecule has 4 rings (SSSR count). The highest BCUT2D eigenvalue weighted by Crippen LogP contribution is 2.55. The maximum absolute atomic E-state index is 13.8. The van der Waals surface area contributed by atoms with E-state index in [-0.39, 0.29) is 17.9 Å². The zero-order valence-electron chi connectivity index (χ0n) is 20.3. The van der Waals surface area contributed by atoms with Crippen LogP contribution in [0.2, 0.25) is 0 Å². The van der Waals surface area contributed by atoms with Gasteiger partial charge in [0.25, 0.3) is 10.0 Å². The number of carbonyl (C=O) groups is 2. The van der Waals surface area contributed by atoms with Gasteiger partial charge in [-0.15, -0.1) is 0 Å². The normalized spacial score (nSPS) is 17.9. The molecule has 8 heteroatoms. The molecule has 0 saturated heterocycles. The zero-order valence-corrected chi connectivity index (χ0v) is 21.1. The van der Waals surface area contributed by atoms with E-state index >= 15 is 0 Å². The fourth-order valence-electron chi connectivity index (χ4n) is 3.99. The van der Waals surface area contributed by atoms with Crippen molar-refractivity contribution in [3.8, 4) is 5.75 Å². The Morgan fingerprint density at radius 2 is 1.61 bits per heavy atom. The smallest absolute Gasteiger partial charge is 0.324 e. The molecule has 0 amide bonds. The van der Waals surface area contributed by atoms with Crippen molar-refractivity contribution in [1.29, 1.82) is 0 Å². The number of benzene rings is 3. The van der Waals surface area contributed by atoms with E-state index in [4.69, 9.17) is 9.47 Å². The quantitative estimate of drug-likeness (QED) is 0.233. The van der Waals surface area contributed by atoms with Crippen molar-refractivity contribution >= 4 is 27.5 Å². The molecule has 7 nitrogen and oxygen atoms in total. The summed E-state index contributed by atoms with van der Waals surface area (Å²) in [7, 11) is -2.55. The number of Topliss-reactive ketones (excluding diaryl/α,β-unsaturated/α-hetero) is 1. The molecule has 36 heavy (non-hydrogen) atoms. The number of nitrogens with zero attached hydrogens (tertiary/aromatic N) is 1. The van der Waals surface area contributed by atoms with Gasteiger partial charge in [0.15, 0.2) is 11.2 Å². The van der Waals surface area contributed by atoms with Crippen LogP contribution in [-0.2, 0) is 19.6 Å². The second-order valence-electron chi connectivity index (χ2n) is 8.46. The number of anilines is 1. The molecule has 0 aromatic heterocycles. The van der Waals surface area contributed by atoms with E-state index in [0.717, 1.165) is 9.87 Å². The third-order valence-corrected chi connectivity index (χ3v) is 7.81. The van der Waals surface area contributed by atoms with Gasteiger partial charge in [0.05, 0.1) is 24.3 Å². The first-order chi connectivity index (χ1) is 17.2. The molecule has 0 N–H and O–H groups in total. The second kappa shape index (κ2) is 9.99. The minimum Gasteiger partial charge on any atom is -0.497 e. The van der Waals surface area contributed by atoms with Gasteiger partial charge in [-0.2, -0.15) is 0 Å². The van der Waals surface area contributed by atoms with Gasteiger partial charge in [0.1, 0.15) is 5.75 Å². The lowest BCUT2D eigenvalue weighted by Crippen LogP contribution is -2.30. The summed E-state index contributed by atoms with van der Waals surface area (Å²) in [5.41, 5.74) is 0.402. The van der Waals surface area contributed by atoms with E-state index < -0.39 is 27.2 Å². The van der Waals surface area contributed by atoms with Gasteiger partial charge in [-0.3, -0.25) is 9.59 Å². The average molecular weight is 506 g/mol. The number of carbonyl (C=O) groups excluding carboxylic acids is 2. The van der Waals surface area contributed by atoms with E-state index in [2.05, 4.69) is 0 Å². The van der Waals surface area contributed by atoms with E-state index in [1.807, 2.05) is 6.92 Å². The molecule has 1 fully saturated rings. The molecular weight excluding hydrogens is 478 g/mol. The highest BCUT2D eigenvalue weighted by molar-refractivity contribution is 7.93. The lowest BCUT2D eigenvalue weighted by Gasteiger charge is -2.22. The molecular formula is C28H27NO6S. The topological polar surface area (TPSA) is 90.0 Å². The van der Waals surface area contributed by atoms with E-state index in [0.29, 0.717) is 22.6 Å². The Labute approximate surface area is 211 Å². The van der Waals surface area contributed by atoms with Gasteiger partial charge >= 0.3 is 5.97 Å². The van der Waals surface area contributed by atoms with Crippen molar-refractivity contribution in [3.05, 3.63) is 102 Å².